The minimum atomic E-state index is 0.913. The molecule has 3 heteroatoms. The van der Waals surface area contributed by atoms with E-state index in [0.29, 0.717) is 0 Å². The number of fused-ring (bicyclic) bond motifs is 8. The molecule has 0 amide bonds. The number of hydrogen-bond donors (Lipinski definition) is 0. The first kappa shape index (κ1) is 27.9. The molecule has 10 aromatic rings. The monoisotopic (exact) mass is 643 g/mol. The van der Waals surface area contributed by atoms with Crippen molar-refractivity contribution in [3.8, 4) is 22.3 Å². The van der Waals surface area contributed by atoms with Crippen LogP contribution in [0.5, 0.6) is 0 Å². The van der Waals surface area contributed by atoms with Gasteiger partial charge in [-0.1, -0.05) is 133 Å². The number of benzene rings is 8. The molecule has 0 saturated carbocycles. The Balaban J connectivity index is 1.15. The summed E-state index contributed by atoms with van der Waals surface area (Å²) in [6, 6.07) is 63.1. The van der Waals surface area contributed by atoms with Crippen LogP contribution in [-0.4, -0.2) is 0 Å². The van der Waals surface area contributed by atoms with Gasteiger partial charge in [0.05, 0.1) is 5.69 Å². The Morgan fingerprint density at radius 3 is 1.90 bits per heavy atom. The number of rotatable bonds is 5. The number of furan rings is 1. The van der Waals surface area contributed by atoms with Crippen LogP contribution in [0.4, 0.5) is 17.1 Å². The van der Waals surface area contributed by atoms with E-state index in [1.807, 2.05) is 23.5 Å². The fourth-order valence-electron chi connectivity index (χ4n) is 7.35. The smallest absolute Gasteiger partial charge is 0.143 e. The lowest BCUT2D eigenvalue weighted by molar-refractivity contribution is 0.670. The molecule has 0 unspecified atom stereocenters. The first-order chi connectivity index (χ1) is 24.3. The Kier molecular flexibility index (Phi) is 6.39. The van der Waals surface area contributed by atoms with Gasteiger partial charge in [0.1, 0.15) is 11.2 Å². The first-order valence-electron chi connectivity index (χ1n) is 16.6. The first-order valence-corrected chi connectivity index (χ1v) is 17.4. The van der Waals surface area contributed by atoms with E-state index < -0.39 is 0 Å². The Hall–Kier alpha value is -6.16. The molecule has 10 rings (SSSR count). The molecular weight excluding hydrogens is 615 g/mol. The molecule has 0 aliphatic heterocycles. The number of nitrogens with zero attached hydrogens (tertiary/aromatic N) is 1. The van der Waals surface area contributed by atoms with Gasteiger partial charge in [-0.25, -0.2) is 0 Å². The van der Waals surface area contributed by atoms with E-state index in [-0.39, 0.29) is 0 Å². The van der Waals surface area contributed by atoms with Crippen LogP contribution in [0.1, 0.15) is 0 Å². The second-order valence-electron chi connectivity index (χ2n) is 12.5. The summed E-state index contributed by atoms with van der Waals surface area (Å²) in [6.45, 7) is 0. The van der Waals surface area contributed by atoms with Crippen molar-refractivity contribution in [3.63, 3.8) is 0 Å². The molecule has 230 valence electrons. The largest absolute Gasteiger partial charge is 0.455 e. The van der Waals surface area contributed by atoms with Crippen molar-refractivity contribution in [2.45, 2.75) is 0 Å². The number of hydrogen-bond acceptors (Lipinski definition) is 3. The molecule has 8 aromatic carbocycles. The molecule has 2 nitrogen and oxygen atoms in total. The highest BCUT2D eigenvalue weighted by molar-refractivity contribution is 7.26. The quantitative estimate of drug-likeness (QED) is 0.186. The lowest BCUT2D eigenvalue weighted by atomic mass is 10.0. The highest BCUT2D eigenvalue weighted by Gasteiger charge is 2.20. The summed E-state index contributed by atoms with van der Waals surface area (Å²) in [5, 5.41) is 7.41. The average Bonchev–Trinajstić information content (AvgIpc) is 3.75. The third-order valence-electron chi connectivity index (χ3n) is 9.68. The van der Waals surface area contributed by atoms with E-state index in [1.54, 1.807) is 0 Å². The van der Waals surface area contributed by atoms with Crippen LogP contribution in [-0.2, 0) is 0 Å². The molecule has 2 aromatic heterocycles. The van der Waals surface area contributed by atoms with Crippen molar-refractivity contribution >= 4 is 81.3 Å². The maximum absolute atomic E-state index is 6.40. The van der Waals surface area contributed by atoms with E-state index in [1.165, 1.54) is 47.8 Å². The van der Waals surface area contributed by atoms with Gasteiger partial charge in [0.2, 0.25) is 0 Å². The number of thiophene rings is 1. The van der Waals surface area contributed by atoms with Gasteiger partial charge in [0.25, 0.3) is 0 Å². The molecule has 0 fully saturated rings. The van der Waals surface area contributed by atoms with Crippen LogP contribution in [0.2, 0.25) is 0 Å². The zero-order valence-electron chi connectivity index (χ0n) is 26.5. The lowest BCUT2D eigenvalue weighted by Crippen LogP contribution is -2.10. The molecular formula is C46H29NOS. The topological polar surface area (TPSA) is 16.4 Å². The Morgan fingerprint density at radius 1 is 0.429 bits per heavy atom. The second kappa shape index (κ2) is 11.2. The summed E-state index contributed by atoms with van der Waals surface area (Å²) in [7, 11) is 0. The minimum absolute atomic E-state index is 0.913. The minimum Gasteiger partial charge on any atom is -0.455 e. The Labute approximate surface area is 287 Å². The molecule has 0 bridgehead atoms. The molecule has 2 heterocycles. The zero-order chi connectivity index (χ0) is 32.3. The number of anilines is 3. The van der Waals surface area contributed by atoms with E-state index >= 15 is 0 Å². The Bertz CT molecular complexity index is 2810. The predicted molar refractivity (Wildman–Crippen MR) is 210 cm³/mol. The third-order valence-corrected chi connectivity index (χ3v) is 10.9. The van der Waals surface area contributed by atoms with Gasteiger partial charge in [0, 0.05) is 47.9 Å². The van der Waals surface area contributed by atoms with Gasteiger partial charge in [-0.3, -0.25) is 0 Å². The van der Waals surface area contributed by atoms with E-state index in [4.69, 9.17) is 4.42 Å². The highest BCUT2D eigenvalue weighted by Crippen LogP contribution is 2.47. The molecule has 0 saturated heterocycles. The van der Waals surface area contributed by atoms with Crippen LogP contribution in [0.25, 0.3) is 75.1 Å². The van der Waals surface area contributed by atoms with Gasteiger partial charge in [-0.05, 0) is 69.9 Å². The fourth-order valence-corrected chi connectivity index (χ4v) is 8.61. The van der Waals surface area contributed by atoms with Gasteiger partial charge in [0.15, 0.2) is 0 Å². The van der Waals surface area contributed by atoms with Crippen LogP contribution >= 0.6 is 11.3 Å². The zero-order valence-corrected chi connectivity index (χ0v) is 27.3. The average molecular weight is 644 g/mol. The van der Waals surface area contributed by atoms with Crippen molar-refractivity contribution in [2.24, 2.45) is 0 Å². The molecule has 0 radical (unpaired) electrons. The molecule has 49 heavy (non-hydrogen) atoms. The third kappa shape index (κ3) is 4.55. The van der Waals surface area contributed by atoms with Gasteiger partial charge in [-0.2, -0.15) is 0 Å². The van der Waals surface area contributed by atoms with E-state index in [2.05, 4.69) is 169 Å². The molecule has 0 aliphatic carbocycles. The van der Waals surface area contributed by atoms with Gasteiger partial charge < -0.3 is 9.32 Å². The highest BCUT2D eigenvalue weighted by atomic mass is 32.1. The van der Waals surface area contributed by atoms with Crippen LogP contribution in [0.3, 0.4) is 0 Å². The van der Waals surface area contributed by atoms with Crippen molar-refractivity contribution in [1.82, 2.24) is 0 Å². The summed E-state index contributed by atoms with van der Waals surface area (Å²) in [5.41, 5.74) is 9.84. The summed E-state index contributed by atoms with van der Waals surface area (Å²) in [4.78, 5) is 2.41. The molecule has 0 spiro atoms. The standard InChI is InChI=1S/C46H29NOS/c1-2-10-30(11-3-1)31-20-25-34(26-21-31)47(41-17-9-19-43-44(41)40-29-24-32-12-4-5-13-37(32)46(40)49-43)35-27-22-33(23-28-35)36-15-8-16-39-38-14-6-7-18-42(38)48-45(36)39/h1-29H. The van der Waals surface area contributed by atoms with Crippen molar-refractivity contribution < 1.29 is 4.42 Å². The van der Waals surface area contributed by atoms with Crippen molar-refractivity contribution in [1.29, 1.82) is 0 Å². The summed E-state index contributed by atoms with van der Waals surface area (Å²) in [5.74, 6) is 0. The Morgan fingerprint density at radius 2 is 1.08 bits per heavy atom. The molecule has 0 atom stereocenters. The molecule has 0 N–H and O–H groups in total. The normalized spacial score (nSPS) is 11.7. The number of para-hydroxylation sites is 2. The summed E-state index contributed by atoms with van der Waals surface area (Å²) < 4.78 is 9.01. The lowest BCUT2D eigenvalue weighted by Gasteiger charge is -2.27. The van der Waals surface area contributed by atoms with Gasteiger partial charge >= 0.3 is 0 Å². The SMILES string of the molecule is c1ccc(-c2ccc(N(c3ccc(-c4cccc5c4oc4ccccc45)cc3)c3cccc4sc5c6ccccc6ccc5c34)cc2)cc1. The summed E-state index contributed by atoms with van der Waals surface area (Å²) in [6.07, 6.45) is 0. The molecule has 0 aliphatic rings. The summed E-state index contributed by atoms with van der Waals surface area (Å²) >= 11 is 1.88. The predicted octanol–water partition coefficient (Wildman–Crippen LogP) is 13.9. The maximum atomic E-state index is 6.40. The van der Waals surface area contributed by atoms with Gasteiger partial charge in [-0.15, -0.1) is 11.3 Å². The fraction of sp³-hybridized carbons (Fsp3) is 0. The second-order valence-corrected chi connectivity index (χ2v) is 13.5. The van der Waals surface area contributed by atoms with Crippen LogP contribution in [0, 0.1) is 0 Å². The maximum Gasteiger partial charge on any atom is 0.143 e. The van der Waals surface area contributed by atoms with Crippen LogP contribution in [0.15, 0.2) is 180 Å². The van der Waals surface area contributed by atoms with Crippen molar-refractivity contribution in [2.75, 3.05) is 4.90 Å². The van der Waals surface area contributed by atoms with E-state index in [9.17, 15) is 0 Å². The van der Waals surface area contributed by atoms with E-state index in [0.717, 1.165) is 44.4 Å². The van der Waals surface area contributed by atoms with Crippen molar-refractivity contribution in [3.05, 3.63) is 176 Å². The van der Waals surface area contributed by atoms with Crippen LogP contribution < -0.4 is 4.90 Å².